The summed E-state index contributed by atoms with van der Waals surface area (Å²) in [6.45, 7) is 5.66. The van der Waals surface area contributed by atoms with Gasteiger partial charge < -0.3 is 10.1 Å². The average molecular weight is 197 g/mol. The van der Waals surface area contributed by atoms with Crippen LogP contribution in [-0.4, -0.2) is 30.0 Å². The van der Waals surface area contributed by atoms with E-state index >= 15 is 0 Å². The first-order valence-electron chi connectivity index (χ1n) is 5.08. The van der Waals surface area contributed by atoms with Gasteiger partial charge in [0, 0.05) is 33.0 Å². The molecule has 0 aromatic carbocycles. The number of ether oxygens (including phenoxy) is 1. The lowest BCUT2D eigenvalue weighted by molar-refractivity contribution is 0.189. The van der Waals surface area contributed by atoms with Gasteiger partial charge in [-0.3, -0.25) is 4.68 Å². The van der Waals surface area contributed by atoms with E-state index in [9.17, 15) is 0 Å². The number of aryl methyl sites for hydroxylation is 1. The van der Waals surface area contributed by atoms with Gasteiger partial charge in [0.1, 0.15) is 0 Å². The number of nitrogens with zero attached hydrogens (tertiary/aromatic N) is 2. The molecule has 0 aliphatic carbocycles. The van der Waals surface area contributed by atoms with Gasteiger partial charge in [-0.15, -0.1) is 0 Å². The van der Waals surface area contributed by atoms with Crippen molar-refractivity contribution in [2.75, 3.05) is 20.3 Å². The third kappa shape index (κ3) is 3.89. The molecule has 0 aliphatic rings. The van der Waals surface area contributed by atoms with Crippen LogP contribution in [0.2, 0.25) is 0 Å². The average Bonchev–Trinajstić information content (AvgIpc) is 2.63. The lowest BCUT2D eigenvalue weighted by atomic mass is 10.4. The second-order valence-electron chi connectivity index (χ2n) is 3.20. The Hall–Kier alpha value is -0.870. The summed E-state index contributed by atoms with van der Waals surface area (Å²) in [5.74, 6) is 0. The van der Waals surface area contributed by atoms with Gasteiger partial charge in [-0.1, -0.05) is 6.92 Å². The predicted molar refractivity (Wildman–Crippen MR) is 56.1 cm³/mol. The number of hydrogen-bond acceptors (Lipinski definition) is 3. The molecule has 0 fully saturated rings. The minimum absolute atomic E-state index is 0.794. The summed E-state index contributed by atoms with van der Waals surface area (Å²) in [5, 5.41) is 7.66. The normalized spacial score (nSPS) is 10.7. The van der Waals surface area contributed by atoms with Crippen molar-refractivity contribution in [3.05, 3.63) is 18.0 Å². The highest BCUT2D eigenvalue weighted by Crippen LogP contribution is 1.96. The number of nitrogens with one attached hydrogen (secondary N) is 1. The Kier molecular flexibility index (Phi) is 5.25. The Morgan fingerprint density at radius 2 is 2.43 bits per heavy atom. The Morgan fingerprint density at radius 1 is 1.57 bits per heavy atom. The molecule has 14 heavy (non-hydrogen) atoms. The van der Waals surface area contributed by atoms with Crippen molar-refractivity contribution in [2.24, 2.45) is 0 Å². The lowest BCUT2D eigenvalue weighted by Crippen LogP contribution is -2.12. The van der Waals surface area contributed by atoms with E-state index in [-0.39, 0.29) is 0 Å². The fraction of sp³-hybridized carbons (Fsp3) is 0.700. The lowest BCUT2D eigenvalue weighted by Gasteiger charge is -2.00. The van der Waals surface area contributed by atoms with Crippen molar-refractivity contribution >= 4 is 0 Å². The van der Waals surface area contributed by atoms with Crippen LogP contribution in [0.25, 0.3) is 0 Å². The maximum absolute atomic E-state index is 4.98. The van der Waals surface area contributed by atoms with Crippen LogP contribution in [0.5, 0.6) is 0 Å². The molecule has 0 aliphatic heterocycles. The van der Waals surface area contributed by atoms with Gasteiger partial charge in [0.2, 0.25) is 0 Å². The van der Waals surface area contributed by atoms with Crippen LogP contribution >= 0.6 is 0 Å². The Bertz CT molecular complexity index is 247. The van der Waals surface area contributed by atoms with E-state index in [1.165, 1.54) is 0 Å². The molecule has 0 saturated heterocycles. The molecule has 0 atom stereocenters. The molecule has 0 unspecified atom stereocenters. The van der Waals surface area contributed by atoms with Gasteiger partial charge >= 0.3 is 0 Å². The van der Waals surface area contributed by atoms with Gasteiger partial charge in [-0.05, 0) is 19.0 Å². The van der Waals surface area contributed by atoms with Crippen molar-refractivity contribution in [3.63, 3.8) is 0 Å². The first kappa shape index (κ1) is 11.2. The van der Waals surface area contributed by atoms with Crippen molar-refractivity contribution < 1.29 is 4.74 Å². The summed E-state index contributed by atoms with van der Waals surface area (Å²) in [4.78, 5) is 0. The maximum Gasteiger partial charge on any atom is 0.0762 e. The molecule has 1 rings (SSSR count). The Morgan fingerprint density at radius 3 is 3.14 bits per heavy atom. The second-order valence-corrected chi connectivity index (χ2v) is 3.20. The molecule has 1 aromatic heterocycles. The van der Waals surface area contributed by atoms with E-state index in [1.807, 2.05) is 10.9 Å². The van der Waals surface area contributed by atoms with Crippen LogP contribution in [0.1, 0.15) is 19.0 Å². The second kappa shape index (κ2) is 6.56. The monoisotopic (exact) mass is 197 g/mol. The fourth-order valence-electron chi connectivity index (χ4n) is 1.25. The standard InChI is InChI=1S/C10H19N3O/c1-3-11-9-10-5-7-13(12-10)6-4-8-14-2/h5,7,11H,3-4,6,8-9H2,1-2H3. The van der Waals surface area contributed by atoms with Crippen LogP contribution in [-0.2, 0) is 17.8 Å². The van der Waals surface area contributed by atoms with Gasteiger partial charge in [0.25, 0.3) is 0 Å². The van der Waals surface area contributed by atoms with Crippen molar-refractivity contribution in [2.45, 2.75) is 26.4 Å². The Balaban J connectivity index is 2.27. The molecule has 4 heteroatoms. The summed E-state index contributed by atoms with van der Waals surface area (Å²) < 4.78 is 6.95. The maximum atomic E-state index is 4.98. The van der Waals surface area contributed by atoms with Gasteiger partial charge in [-0.25, -0.2) is 0 Å². The molecule has 0 amide bonds. The first-order chi connectivity index (χ1) is 6.86. The Labute approximate surface area is 85.3 Å². The zero-order chi connectivity index (χ0) is 10.2. The van der Waals surface area contributed by atoms with E-state index in [0.717, 1.165) is 38.4 Å². The summed E-state index contributed by atoms with van der Waals surface area (Å²) >= 11 is 0. The molecule has 1 heterocycles. The molecule has 80 valence electrons. The predicted octanol–water partition coefficient (Wildman–Crippen LogP) is 1.03. The highest BCUT2D eigenvalue weighted by atomic mass is 16.5. The zero-order valence-electron chi connectivity index (χ0n) is 8.99. The highest BCUT2D eigenvalue weighted by Gasteiger charge is 1.97. The van der Waals surface area contributed by atoms with Crippen LogP contribution in [0.4, 0.5) is 0 Å². The third-order valence-electron chi connectivity index (χ3n) is 1.99. The van der Waals surface area contributed by atoms with Gasteiger partial charge in [0.05, 0.1) is 5.69 Å². The third-order valence-corrected chi connectivity index (χ3v) is 1.99. The van der Waals surface area contributed by atoms with Crippen molar-refractivity contribution in [3.8, 4) is 0 Å². The van der Waals surface area contributed by atoms with Crippen LogP contribution in [0.15, 0.2) is 12.3 Å². The van der Waals surface area contributed by atoms with Crippen molar-refractivity contribution in [1.82, 2.24) is 15.1 Å². The number of rotatable bonds is 7. The molecule has 0 radical (unpaired) electrons. The van der Waals surface area contributed by atoms with Gasteiger partial charge in [-0.2, -0.15) is 5.10 Å². The number of aromatic nitrogens is 2. The van der Waals surface area contributed by atoms with Gasteiger partial charge in [0.15, 0.2) is 0 Å². The molecule has 4 nitrogen and oxygen atoms in total. The summed E-state index contributed by atoms with van der Waals surface area (Å²) in [7, 11) is 1.72. The largest absolute Gasteiger partial charge is 0.385 e. The smallest absolute Gasteiger partial charge is 0.0762 e. The topological polar surface area (TPSA) is 39.1 Å². The number of methoxy groups -OCH3 is 1. The molecule has 0 spiro atoms. The van der Waals surface area contributed by atoms with E-state index < -0.39 is 0 Å². The quantitative estimate of drug-likeness (QED) is 0.664. The van der Waals surface area contributed by atoms with Crippen LogP contribution in [0, 0.1) is 0 Å². The van der Waals surface area contributed by atoms with E-state index in [2.05, 4.69) is 23.4 Å². The van der Waals surface area contributed by atoms with Crippen LogP contribution < -0.4 is 5.32 Å². The van der Waals surface area contributed by atoms with E-state index in [4.69, 9.17) is 4.74 Å². The molecular weight excluding hydrogens is 178 g/mol. The molecule has 1 N–H and O–H groups in total. The van der Waals surface area contributed by atoms with Crippen molar-refractivity contribution in [1.29, 1.82) is 0 Å². The molecule has 0 saturated carbocycles. The van der Waals surface area contributed by atoms with E-state index in [0.29, 0.717) is 0 Å². The summed E-state index contributed by atoms with van der Waals surface area (Å²) in [6, 6.07) is 2.05. The molecule has 0 bridgehead atoms. The zero-order valence-corrected chi connectivity index (χ0v) is 8.99. The molecule has 1 aromatic rings. The van der Waals surface area contributed by atoms with Crippen LogP contribution in [0.3, 0.4) is 0 Å². The minimum atomic E-state index is 0.794. The number of hydrogen-bond donors (Lipinski definition) is 1. The fourth-order valence-corrected chi connectivity index (χ4v) is 1.25. The first-order valence-corrected chi connectivity index (χ1v) is 5.08. The molecular formula is C10H19N3O. The van der Waals surface area contributed by atoms with E-state index in [1.54, 1.807) is 7.11 Å². The summed E-state index contributed by atoms with van der Waals surface area (Å²) in [6.07, 6.45) is 3.03. The minimum Gasteiger partial charge on any atom is -0.385 e. The SMILES string of the molecule is CCNCc1ccn(CCCOC)n1. The summed E-state index contributed by atoms with van der Waals surface area (Å²) in [5.41, 5.74) is 1.10. The highest BCUT2D eigenvalue weighted by molar-refractivity contribution is 4.98.